The van der Waals surface area contributed by atoms with E-state index in [2.05, 4.69) is 54.5 Å². The zero-order chi connectivity index (χ0) is 21.9. The molecule has 4 aliphatic carbocycles. The maximum Gasteiger partial charge on any atom is 0.136 e. The lowest BCUT2D eigenvalue weighted by Gasteiger charge is -2.67. The van der Waals surface area contributed by atoms with Crippen LogP contribution in [0.25, 0.3) is 0 Å². The molecule has 4 fully saturated rings. The lowest BCUT2D eigenvalue weighted by molar-refractivity contribution is -0.185. The number of carbonyl (C=O) groups is 1. The molecular formula is C29H46O. The maximum atomic E-state index is 12.5. The third-order valence-corrected chi connectivity index (χ3v) is 11.2. The standard InChI is InChI=1S/C29H46O/c1-19(2)9-8-10-20(3)22-13-17-28(6)24(22)11-12-26-27(5)16-15-25(30)21(4)23(27)14-18-29(26,28)7/h9,21,23-24,26H,8,10-18H2,1-7H3/t21-,23-,24-,26-,27-,28-,29-/m0/s1. The highest BCUT2D eigenvalue weighted by Crippen LogP contribution is 2.74. The van der Waals surface area contributed by atoms with Crippen LogP contribution in [0.5, 0.6) is 0 Å². The molecule has 30 heavy (non-hydrogen) atoms. The van der Waals surface area contributed by atoms with E-state index in [-0.39, 0.29) is 5.92 Å². The summed E-state index contributed by atoms with van der Waals surface area (Å²) in [6.45, 7) is 17.0. The number of Topliss-reactive ketones (excluding diaryl/α,β-unsaturated/α-hetero) is 1. The number of rotatable bonds is 3. The number of allylic oxidation sites excluding steroid dienone is 4. The van der Waals surface area contributed by atoms with Gasteiger partial charge in [-0.3, -0.25) is 4.79 Å². The molecule has 4 saturated carbocycles. The van der Waals surface area contributed by atoms with E-state index in [0.717, 1.165) is 24.7 Å². The molecule has 1 nitrogen and oxygen atoms in total. The molecule has 0 saturated heterocycles. The lowest BCUT2D eigenvalue weighted by atomic mass is 9.37. The predicted octanol–water partition coefficient (Wildman–Crippen LogP) is 8.30. The number of fused-ring (bicyclic) bond motifs is 5. The first-order valence-electron chi connectivity index (χ1n) is 12.9. The van der Waals surface area contributed by atoms with Crippen LogP contribution in [-0.2, 0) is 4.79 Å². The van der Waals surface area contributed by atoms with Crippen molar-refractivity contribution in [1.82, 2.24) is 0 Å². The van der Waals surface area contributed by atoms with Crippen molar-refractivity contribution in [3.05, 3.63) is 22.8 Å². The smallest absolute Gasteiger partial charge is 0.136 e. The summed E-state index contributed by atoms with van der Waals surface area (Å²) < 4.78 is 0. The van der Waals surface area contributed by atoms with Crippen LogP contribution < -0.4 is 0 Å². The minimum absolute atomic E-state index is 0.287. The highest BCUT2D eigenvalue weighted by Gasteiger charge is 2.66. The fourth-order valence-corrected chi connectivity index (χ4v) is 9.19. The number of hydrogen-bond acceptors (Lipinski definition) is 1. The predicted molar refractivity (Wildman–Crippen MR) is 127 cm³/mol. The molecule has 0 spiro atoms. The molecule has 0 amide bonds. The Morgan fingerprint density at radius 1 is 0.967 bits per heavy atom. The third-order valence-electron chi connectivity index (χ3n) is 11.2. The van der Waals surface area contributed by atoms with E-state index >= 15 is 0 Å². The third kappa shape index (κ3) is 3.12. The van der Waals surface area contributed by atoms with Gasteiger partial charge in [0.1, 0.15) is 5.78 Å². The second kappa shape index (κ2) is 7.63. The van der Waals surface area contributed by atoms with Crippen LogP contribution >= 0.6 is 0 Å². The van der Waals surface area contributed by atoms with Gasteiger partial charge < -0.3 is 0 Å². The summed E-state index contributed by atoms with van der Waals surface area (Å²) in [7, 11) is 0. The number of carbonyl (C=O) groups excluding carboxylic acids is 1. The normalized spacial score (nSPS) is 47.2. The molecule has 4 rings (SSSR count). The Kier molecular flexibility index (Phi) is 5.68. The van der Waals surface area contributed by atoms with Crippen molar-refractivity contribution < 1.29 is 4.79 Å². The Morgan fingerprint density at radius 2 is 1.70 bits per heavy atom. The Hall–Kier alpha value is -0.850. The Labute approximate surface area is 186 Å². The van der Waals surface area contributed by atoms with E-state index < -0.39 is 0 Å². The van der Waals surface area contributed by atoms with Gasteiger partial charge in [-0.1, -0.05) is 50.5 Å². The first-order chi connectivity index (χ1) is 14.0. The van der Waals surface area contributed by atoms with Gasteiger partial charge in [-0.25, -0.2) is 0 Å². The molecule has 0 aliphatic heterocycles. The van der Waals surface area contributed by atoms with Crippen molar-refractivity contribution in [3.8, 4) is 0 Å². The van der Waals surface area contributed by atoms with Gasteiger partial charge in [0.25, 0.3) is 0 Å². The van der Waals surface area contributed by atoms with Gasteiger partial charge in [0.05, 0.1) is 0 Å². The molecule has 0 unspecified atom stereocenters. The topological polar surface area (TPSA) is 17.1 Å². The van der Waals surface area contributed by atoms with Gasteiger partial charge in [-0.15, -0.1) is 0 Å². The average Bonchev–Trinajstić information content (AvgIpc) is 3.03. The lowest BCUT2D eigenvalue weighted by Crippen LogP contribution is -2.61. The van der Waals surface area contributed by atoms with Crippen molar-refractivity contribution in [1.29, 1.82) is 0 Å². The molecule has 0 aromatic carbocycles. The fraction of sp³-hybridized carbons (Fsp3) is 0.828. The highest BCUT2D eigenvalue weighted by molar-refractivity contribution is 5.82. The molecule has 0 aromatic rings. The summed E-state index contributed by atoms with van der Waals surface area (Å²) in [6, 6.07) is 0. The molecule has 0 heterocycles. The van der Waals surface area contributed by atoms with Crippen LogP contribution in [0.3, 0.4) is 0 Å². The highest BCUT2D eigenvalue weighted by atomic mass is 16.1. The second-order valence-electron chi connectivity index (χ2n) is 12.5. The van der Waals surface area contributed by atoms with Gasteiger partial charge in [-0.05, 0) is 113 Å². The van der Waals surface area contributed by atoms with Crippen molar-refractivity contribution in [3.63, 3.8) is 0 Å². The van der Waals surface area contributed by atoms with E-state index in [1.54, 1.807) is 5.57 Å². The molecule has 1 heteroatoms. The summed E-state index contributed by atoms with van der Waals surface area (Å²) in [6.07, 6.45) is 14.9. The van der Waals surface area contributed by atoms with Crippen molar-refractivity contribution >= 4 is 5.78 Å². The largest absolute Gasteiger partial charge is 0.299 e. The summed E-state index contributed by atoms with van der Waals surface area (Å²) >= 11 is 0. The SMILES string of the molecule is CC(C)=CCCC(C)=C1CC[C@@]2(C)[C@H]1CC[C@H]1[C@@]3(C)CCC(=O)[C@@H](C)[C@@H]3CC[C@@]12C. The van der Waals surface area contributed by atoms with Gasteiger partial charge in [0.2, 0.25) is 0 Å². The van der Waals surface area contributed by atoms with Crippen LogP contribution in [0, 0.1) is 39.9 Å². The van der Waals surface area contributed by atoms with Crippen molar-refractivity contribution in [2.75, 3.05) is 0 Å². The van der Waals surface area contributed by atoms with Gasteiger partial charge in [0, 0.05) is 12.3 Å². The molecule has 0 bridgehead atoms. The number of hydrogen-bond donors (Lipinski definition) is 0. The fourth-order valence-electron chi connectivity index (χ4n) is 9.19. The van der Waals surface area contributed by atoms with Crippen LogP contribution in [0.4, 0.5) is 0 Å². The average molecular weight is 411 g/mol. The van der Waals surface area contributed by atoms with Crippen LogP contribution in [0.2, 0.25) is 0 Å². The van der Waals surface area contributed by atoms with Gasteiger partial charge in [0.15, 0.2) is 0 Å². The molecule has 168 valence electrons. The molecule has 0 aromatic heterocycles. The first-order valence-corrected chi connectivity index (χ1v) is 12.9. The molecule has 4 aliphatic rings. The zero-order valence-corrected chi connectivity index (χ0v) is 20.9. The maximum absolute atomic E-state index is 12.5. The van der Waals surface area contributed by atoms with E-state index in [1.807, 2.05) is 5.57 Å². The second-order valence-corrected chi connectivity index (χ2v) is 12.5. The van der Waals surface area contributed by atoms with Gasteiger partial charge >= 0.3 is 0 Å². The number of ketones is 1. The van der Waals surface area contributed by atoms with E-state index in [4.69, 9.17) is 0 Å². The Bertz CT molecular complexity index is 767. The minimum Gasteiger partial charge on any atom is -0.299 e. The molecule has 0 radical (unpaired) electrons. The van der Waals surface area contributed by atoms with Crippen molar-refractivity contribution in [2.24, 2.45) is 39.9 Å². The summed E-state index contributed by atoms with van der Waals surface area (Å²) in [5.74, 6) is 3.05. The molecule has 0 N–H and O–H groups in total. The molecule has 7 atom stereocenters. The zero-order valence-electron chi connectivity index (χ0n) is 20.9. The van der Waals surface area contributed by atoms with Crippen LogP contribution in [0.15, 0.2) is 22.8 Å². The Morgan fingerprint density at radius 3 is 2.40 bits per heavy atom. The summed E-state index contributed by atoms with van der Waals surface area (Å²) in [5, 5.41) is 0. The summed E-state index contributed by atoms with van der Waals surface area (Å²) in [5.41, 5.74) is 6.23. The Balaban J connectivity index is 1.63. The molecular weight excluding hydrogens is 364 g/mol. The van der Waals surface area contributed by atoms with Crippen molar-refractivity contribution in [2.45, 2.75) is 113 Å². The minimum atomic E-state index is 0.287. The quantitative estimate of drug-likeness (QED) is 0.428. The van der Waals surface area contributed by atoms with E-state index in [0.29, 0.717) is 27.9 Å². The van der Waals surface area contributed by atoms with E-state index in [1.165, 1.54) is 56.9 Å². The van der Waals surface area contributed by atoms with Crippen LogP contribution in [-0.4, -0.2) is 5.78 Å². The van der Waals surface area contributed by atoms with Crippen LogP contribution in [0.1, 0.15) is 113 Å². The van der Waals surface area contributed by atoms with Gasteiger partial charge in [-0.2, -0.15) is 0 Å². The monoisotopic (exact) mass is 410 g/mol. The first kappa shape index (κ1) is 22.3. The summed E-state index contributed by atoms with van der Waals surface area (Å²) in [4.78, 5) is 12.5. The van der Waals surface area contributed by atoms with E-state index in [9.17, 15) is 4.79 Å².